The van der Waals surface area contributed by atoms with E-state index in [2.05, 4.69) is 10.1 Å². The summed E-state index contributed by atoms with van der Waals surface area (Å²) < 4.78 is 6.89. The topological polar surface area (TPSA) is 83.0 Å². The van der Waals surface area contributed by atoms with Gasteiger partial charge < -0.3 is 10.5 Å². The third-order valence-corrected chi connectivity index (χ3v) is 3.43. The molecule has 2 rings (SSSR count). The van der Waals surface area contributed by atoms with Gasteiger partial charge in [-0.15, -0.1) is 0 Å². The molecule has 0 unspecified atom stereocenters. The van der Waals surface area contributed by atoms with E-state index in [0.717, 1.165) is 29.2 Å². The van der Waals surface area contributed by atoms with Crippen molar-refractivity contribution in [1.29, 1.82) is 0 Å². The predicted octanol–water partition coefficient (Wildman–Crippen LogP) is 2.69. The fraction of sp³-hybridized carbons (Fsp3) is 0.438. The molecule has 0 aromatic carbocycles. The molecule has 0 atom stereocenters. The first-order chi connectivity index (χ1) is 10.3. The number of nitrogens with two attached hydrogens (primary N) is 1. The van der Waals surface area contributed by atoms with Gasteiger partial charge in [0.1, 0.15) is 5.60 Å². The van der Waals surface area contributed by atoms with Gasteiger partial charge in [-0.3, -0.25) is 0 Å². The molecular weight excluding hydrogens is 280 g/mol. The number of rotatable bonds is 5. The number of ether oxygens (including phenoxy) is 1. The predicted molar refractivity (Wildman–Crippen MR) is 83.9 cm³/mol. The molecule has 6 nitrogen and oxygen atoms in total. The summed E-state index contributed by atoms with van der Waals surface area (Å²) >= 11 is 0. The van der Waals surface area contributed by atoms with Crippen molar-refractivity contribution < 1.29 is 9.53 Å². The largest absolute Gasteiger partial charge is 0.444 e. The zero-order valence-electron chi connectivity index (χ0n) is 13.5. The van der Waals surface area contributed by atoms with Crippen molar-refractivity contribution in [2.45, 2.75) is 46.1 Å². The minimum Gasteiger partial charge on any atom is -0.444 e. The lowest BCUT2D eigenvalue weighted by Crippen LogP contribution is -2.31. The van der Waals surface area contributed by atoms with Gasteiger partial charge in [0.15, 0.2) is 5.82 Å². The molecule has 2 heterocycles. The summed E-state index contributed by atoms with van der Waals surface area (Å²) in [5.74, 6) is 0.794. The summed E-state index contributed by atoms with van der Waals surface area (Å²) in [5.41, 5.74) is 7.57. The first-order valence-corrected chi connectivity index (χ1v) is 7.24. The van der Waals surface area contributed by atoms with Crippen molar-refractivity contribution >= 4 is 6.09 Å². The molecule has 22 heavy (non-hydrogen) atoms. The third-order valence-electron chi connectivity index (χ3n) is 3.43. The van der Waals surface area contributed by atoms with Crippen LogP contribution in [0.5, 0.6) is 0 Å². The van der Waals surface area contributed by atoms with Crippen LogP contribution in [-0.2, 0) is 11.2 Å². The van der Waals surface area contributed by atoms with Gasteiger partial charge >= 0.3 is 6.09 Å². The first kappa shape index (κ1) is 16.0. The zero-order chi connectivity index (χ0) is 16.3. The van der Waals surface area contributed by atoms with E-state index in [1.54, 1.807) is 0 Å². The number of aromatic nitrogens is 3. The van der Waals surface area contributed by atoms with Crippen LogP contribution in [0.4, 0.5) is 4.79 Å². The third kappa shape index (κ3) is 4.07. The lowest BCUT2D eigenvalue weighted by molar-refractivity contribution is 0.0394. The number of aryl methyl sites for hydroxylation is 3. The standard InChI is InChI=1S/C16H22N4O2/c1-11-9-12(2)20(19-11)14-6-5-13(10-18-14)7-8-16(3,4)22-15(17)21/h5-6,9-10H,7-8H2,1-4H3,(H2,17,21). The van der Waals surface area contributed by atoms with Gasteiger partial charge in [-0.25, -0.2) is 14.5 Å². The number of carbonyl (C=O) groups is 1. The monoisotopic (exact) mass is 302 g/mol. The van der Waals surface area contributed by atoms with E-state index in [1.165, 1.54) is 0 Å². The van der Waals surface area contributed by atoms with Crippen LogP contribution in [-0.4, -0.2) is 26.5 Å². The molecule has 2 N–H and O–H groups in total. The van der Waals surface area contributed by atoms with Crippen molar-refractivity contribution in [3.8, 4) is 5.82 Å². The second-order valence-corrected chi connectivity index (χ2v) is 6.04. The zero-order valence-corrected chi connectivity index (χ0v) is 13.5. The molecule has 0 aliphatic rings. The summed E-state index contributed by atoms with van der Waals surface area (Å²) in [5, 5.41) is 4.41. The Labute approximate surface area is 130 Å². The number of pyridine rings is 1. The molecule has 1 amide bonds. The van der Waals surface area contributed by atoms with E-state index >= 15 is 0 Å². The molecule has 0 spiro atoms. The Bertz CT molecular complexity index is 659. The molecule has 0 saturated heterocycles. The molecule has 2 aromatic heterocycles. The van der Waals surface area contributed by atoms with Crippen molar-refractivity contribution in [3.05, 3.63) is 41.3 Å². The SMILES string of the molecule is Cc1cc(C)n(-c2ccc(CCC(C)(C)OC(N)=O)cn2)n1. The maximum atomic E-state index is 10.8. The van der Waals surface area contributed by atoms with Gasteiger partial charge in [-0.05, 0) is 58.2 Å². The minimum atomic E-state index is -0.747. The van der Waals surface area contributed by atoms with E-state index < -0.39 is 11.7 Å². The molecule has 0 saturated carbocycles. The van der Waals surface area contributed by atoms with Crippen LogP contribution in [0.15, 0.2) is 24.4 Å². The van der Waals surface area contributed by atoms with Crippen LogP contribution in [0.1, 0.15) is 37.2 Å². The highest BCUT2D eigenvalue weighted by molar-refractivity contribution is 5.65. The number of nitrogens with zero attached hydrogens (tertiary/aromatic N) is 3. The lowest BCUT2D eigenvalue weighted by atomic mass is 9.99. The van der Waals surface area contributed by atoms with E-state index in [-0.39, 0.29) is 0 Å². The number of primary amides is 1. The molecule has 6 heteroatoms. The van der Waals surface area contributed by atoms with Crippen molar-refractivity contribution in [1.82, 2.24) is 14.8 Å². The molecule has 118 valence electrons. The number of amides is 1. The summed E-state index contributed by atoms with van der Waals surface area (Å²) in [6, 6.07) is 5.97. The van der Waals surface area contributed by atoms with Gasteiger partial charge in [0.2, 0.25) is 0 Å². The van der Waals surface area contributed by atoms with Gasteiger partial charge in [0.25, 0.3) is 0 Å². The minimum absolute atomic E-state index is 0.583. The van der Waals surface area contributed by atoms with Crippen LogP contribution in [0, 0.1) is 13.8 Å². The maximum Gasteiger partial charge on any atom is 0.405 e. The summed E-state index contributed by atoms with van der Waals surface area (Å²) in [6.07, 6.45) is 2.51. The van der Waals surface area contributed by atoms with Gasteiger partial charge in [-0.1, -0.05) is 6.07 Å². The summed E-state index contributed by atoms with van der Waals surface area (Å²) in [6.45, 7) is 7.64. The maximum absolute atomic E-state index is 10.8. The Morgan fingerprint density at radius 1 is 1.36 bits per heavy atom. The highest BCUT2D eigenvalue weighted by Crippen LogP contribution is 2.18. The Hall–Kier alpha value is -2.37. The quantitative estimate of drug-likeness (QED) is 0.920. The van der Waals surface area contributed by atoms with E-state index in [9.17, 15) is 4.79 Å². The smallest absolute Gasteiger partial charge is 0.405 e. The second-order valence-electron chi connectivity index (χ2n) is 6.04. The highest BCUT2D eigenvalue weighted by atomic mass is 16.6. The van der Waals surface area contributed by atoms with Crippen LogP contribution >= 0.6 is 0 Å². The van der Waals surface area contributed by atoms with Crippen LogP contribution in [0.2, 0.25) is 0 Å². The second kappa shape index (κ2) is 6.17. The fourth-order valence-electron chi connectivity index (χ4n) is 2.32. The van der Waals surface area contributed by atoms with E-state index in [4.69, 9.17) is 10.5 Å². The molecule has 0 aliphatic heterocycles. The molecular formula is C16H22N4O2. The first-order valence-electron chi connectivity index (χ1n) is 7.24. The number of hydrogen-bond acceptors (Lipinski definition) is 4. The number of hydrogen-bond donors (Lipinski definition) is 1. The number of carbonyl (C=O) groups excluding carboxylic acids is 1. The summed E-state index contributed by atoms with van der Waals surface area (Å²) in [4.78, 5) is 15.3. The normalized spacial score (nSPS) is 11.5. The Balaban J connectivity index is 2.03. The molecule has 2 aromatic rings. The van der Waals surface area contributed by atoms with Crippen LogP contribution < -0.4 is 5.73 Å². The van der Waals surface area contributed by atoms with E-state index in [0.29, 0.717) is 6.42 Å². The Morgan fingerprint density at radius 3 is 2.59 bits per heavy atom. The molecule has 0 fully saturated rings. The molecule has 0 aliphatic carbocycles. The lowest BCUT2D eigenvalue weighted by Gasteiger charge is -2.23. The summed E-state index contributed by atoms with van der Waals surface area (Å²) in [7, 11) is 0. The Kier molecular flexibility index (Phi) is 4.49. The van der Waals surface area contributed by atoms with Crippen LogP contribution in [0.3, 0.4) is 0 Å². The Morgan fingerprint density at radius 2 is 2.09 bits per heavy atom. The molecule has 0 bridgehead atoms. The van der Waals surface area contributed by atoms with Crippen molar-refractivity contribution in [3.63, 3.8) is 0 Å². The highest BCUT2D eigenvalue weighted by Gasteiger charge is 2.21. The van der Waals surface area contributed by atoms with E-state index in [1.807, 2.05) is 56.8 Å². The average Bonchev–Trinajstić information content (AvgIpc) is 2.75. The van der Waals surface area contributed by atoms with Crippen molar-refractivity contribution in [2.75, 3.05) is 0 Å². The van der Waals surface area contributed by atoms with Gasteiger partial charge in [0.05, 0.1) is 5.69 Å². The average molecular weight is 302 g/mol. The fourth-order valence-corrected chi connectivity index (χ4v) is 2.32. The van der Waals surface area contributed by atoms with Gasteiger partial charge in [-0.2, -0.15) is 5.10 Å². The van der Waals surface area contributed by atoms with Crippen molar-refractivity contribution in [2.24, 2.45) is 5.73 Å². The molecule has 0 radical (unpaired) electrons. The van der Waals surface area contributed by atoms with Gasteiger partial charge in [0, 0.05) is 11.9 Å². The van der Waals surface area contributed by atoms with Crippen LogP contribution in [0.25, 0.3) is 5.82 Å².